The van der Waals surface area contributed by atoms with Crippen LogP contribution in [0.15, 0.2) is 24.5 Å². The van der Waals surface area contributed by atoms with Gasteiger partial charge in [-0.1, -0.05) is 11.6 Å². The molecule has 2 N–H and O–H groups in total. The average molecular weight is 310 g/mol. The first kappa shape index (κ1) is 14.1. The smallest absolute Gasteiger partial charge is 0.156 e. The fourth-order valence-corrected chi connectivity index (χ4v) is 2.79. The number of hydrogen-bond acceptors (Lipinski definition) is 6. The average Bonchev–Trinajstić information content (AvgIpc) is 3.24. The van der Waals surface area contributed by atoms with Crippen LogP contribution in [0.4, 0.5) is 5.82 Å². The molecular weight excluding hydrogens is 292 g/mol. The van der Waals surface area contributed by atoms with Crippen molar-refractivity contribution >= 4 is 16.7 Å². The molecule has 0 unspecified atom stereocenters. The van der Waals surface area contributed by atoms with Gasteiger partial charge in [0, 0.05) is 17.9 Å². The summed E-state index contributed by atoms with van der Waals surface area (Å²) < 4.78 is 5.38. The second-order valence-corrected chi connectivity index (χ2v) is 5.80. The Balaban J connectivity index is 1.52. The van der Waals surface area contributed by atoms with Crippen molar-refractivity contribution in [2.24, 2.45) is 0 Å². The third-order valence-electron chi connectivity index (χ3n) is 4.06. The molecule has 3 heterocycles. The van der Waals surface area contributed by atoms with Gasteiger partial charge in [0.2, 0.25) is 0 Å². The van der Waals surface area contributed by atoms with Gasteiger partial charge in [-0.25, -0.2) is 15.0 Å². The molecule has 7 heteroatoms. The Labute approximate surface area is 133 Å². The number of nitrogens with zero attached hydrogens (tertiary/aromatic N) is 4. The number of aryl methyl sites for hydroxylation is 1. The summed E-state index contributed by atoms with van der Waals surface area (Å²) in [5, 5.41) is 11.6. The molecule has 0 amide bonds. The normalized spacial score (nSPS) is 17.7. The number of rotatable bonds is 4. The summed E-state index contributed by atoms with van der Waals surface area (Å²) in [6.45, 7) is 4.10. The molecule has 4 rings (SSSR count). The molecule has 1 atom stereocenters. The minimum Gasteiger partial charge on any atom is -0.381 e. The van der Waals surface area contributed by atoms with Crippen LogP contribution in [0.5, 0.6) is 0 Å². The van der Waals surface area contributed by atoms with Crippen molar-refractivity contribution in [1.29, 1.82) is 0 Å². The van der Waals surface area contributed by atoms with Gasteiger partial charge in [0.15, 0.2) is 5.82 Å². The van der Waals surface area contributed by atoms with Gasteiger partial charge in [-0.2, -0.15) is 5.10 Å². The number of fused-ring (bicyclic) bond motifs is 1. The van der Waals surface area contributed by atoms with Gasteiger partial charge in [0.1, 0.15) is 18.0 Å². The summed E-state index contributed by atoms with van der Waals surface area (Å²) in [6, 6.07) is 6.13. The Morgan fingerprint density at radius 3 is 3.17 bits per heavy atom. The van der Waals surface area contributed by atoms with Gasteiger partial charge < -0.3 is 10.1 Å². The predicted molar refractivity (Wildman–Crippen MR) is 86.2 cm³/mol. The van der Waals surface area contributed by atoms with Crippen LogP contribution >= 0.6 is 0 Å². The monoisotopic (exact) mass is 310 g/mol. The highest BCUT2D eigenvalue weighted by Gasteiger charge is 2.21. The maximum absolute atomic E-state index is 5.38. The number of benzene rings is 1. The number of hydrogen-bond donors (Lipinski definition) is 2. The van der Waals surface area contributed by atoms with Gasteiger partial charge in [-0.3, -0.25) is 5.10 Å². The zero-order chi connectivity index (χ0) is 15.6. The highest BCUT2D eigenvalue weighted by molar-refractivity contribution is 5.89. The molecule has 0 bridgehead atoms. The van der Waals surface area contributed by atoms with Crippen LogP contribution in [-0.2, 0) is 11.3 Å². The van der Waals surface area contributed by atoms with E-state index in [0.29, 0.717) is 19.1 Å². The van der Waals surface area contributed by atoms with Gasteiger partial charge in [0.25, 0.3) is 0 Å². The summed E-state index contributed by atoms with van der Waals surface area (Å²) in [4.78, 5) is 13.2. The third-order valence-corrected chi connectivity index (χ3v) is 4.06. The number of nitrogens with one attached hydrogen (secondary N) is 2. The molecule has 7 nitrogen and oxygen atoms in total. The van der Waals surface area contributed by atoms with Gasteiger partial charge in [-0.15, -0.1) is 0 Å². The van der Waals surface area contributed by atoms with E-state index in [1.54, 1.807) is 6.33 Å². The second kappa shape index (κ2) is 5.92. The quantitative estimate of drug-likeness (QED) is 0.768. The SMILES string of the molecule is Cc1ccc2ncnc(NCc3nc([C@H]4CCOC4)n[nH]3)c2c1. The molecule has 23 heavy (non-hydrogen) atoms. The largest absolute Gasteiger partial charge is 0.381 e. The van der Waals surface area contributed by atoms with E-state index in [4.69, 9.17) is 4.74 Å². The highest BCUT2D eigenvalue weighted by atomic mass is 16.5. The van der Waals surface area contributed by atoms with Crippen molar-refractivity contribution < 1.29 is 4.74 Å². The lowest BCUT2D eigenvalue weighted by atomic mass is 10.1. The summed E-state index contributed by atoms with van der Waals surface area (Å²) in [5.74, 6) is 2.75. The van der Waals surface area contributed by atoms with E-state index in [1.807, 2.05) is 12.1 Å². The van der Waals surface area contributed by atoms with E-state index in [1.165, 1.54) is 5.56 Å². The maximum Gasteiger partial charge on any atom is 0.156 e. The Kier molecular flexibility index (Phi) is 3.63. The number of aromatic nitrogens is 5. The van der Waals surface area contributed by atoms with Gasteiger partial charge in [-0.05, 0) is 25.5 Å². The van der Waals surface area contributed by atoms with E-state index < -0.39 is 0 Å². The lowest BCUT2D eigenvalue weighted by Gasteiger charge is -2.07. The van der Waals surface area contributed by atoms with Crippen molar-refractivity contribution in [2.75, 3.05) is 18.5 Å². The van der Waals surface area contributed by atoms with Crippen LogP contribution in [-0.4, -0.2) is 38.4 Å². The van der Waals surface area contributed by atoms with Crippen molar-refractivity contribution in [1.82, 2.24) is 25.1 Å². The van der Waals surface area contributed by atoms with Crippen molar-refractivity contribution in [2.45, 2.75) is 25.8 Å². The molecule has 0 radical (unpaired) electrons. The van der Waals surface area contributed by atoms with E-state index in [9.17, 15) is 0 Å². The summed E-state index contributed by atoms with van der Waals surface area (Å²) >= 11 is 0. The number of H-pyrrole nitrogens is 1. The summed E-state index contributed by atoms with van der Waals surface area (Å²) in [7, 11) is 0. The minimum absolute atomic E-state index is 0.308. The highest BCUT2D eigenvalue weighted by Crippen LogP contribution is 2.23. The molecule has 2 aromatic heterocycles. The van der Waals surface area contributed by atoms with Crippen LogP contribution in [0.1, 0.15) is 29.6 Å². The fourth-order valence-electron chi connectivity index (χ4n) is 2.79. The first-order valence-electron chi connectivity index (χ1n) is 7.74. The summed E-state index contributed by atoms with van der Waals surface area (Å²) in [6.07, 6.45) is 2.56. The second-order valence-electron chi connectivity index (χ2n) is 5.80. The molecule has 0 spiro atoms. The van der Waals surface area contributed by atoms with Crippen LogP contribution < -0.4 is 5.32 Å². The molecule has 1 aliphatic heterocycles. The molecule has 3 aromatic rings. The van der Waals surface area contributed by atoms with E-state index in [0.717, 1.165) is 41.4 Å². The Morgan fingerprint density at radius 1 is 1.35 bits per heavy atom. The molecular formula is C16H18N6O. The lowest BCUT2D eigenvalue weighted by molar-refractivity contribution is 0.193. The van der Waals surface area contributed by atoms with E-state index in [2.05, 4.69) is 43.5 Å². The standard InChI is InChI=1S/C16H18N6O/c1-10-2-3-13-12(6-10)16(19-9-18-13)17-7-14-20-15(22-21-14)11-4-5-23-8-11/h2-3,6,9,11H,4-5,7-8H2,1H3,(H,17,18,19)(H,20,21,22)/t11-/m0/s1. The zero-order valence-corrected chi connectivity index (χ0v) is 12.9. The fraction of sp³-hybridized carbons (Fsp3) is 0.375. The van der Waals surface area contributed by atoms with Gasteiger partial charge in [0.05, 0.1) is 18.7 Å². The molecule has 1 fully saturated rings. The zero-order valence-electron chi connectivity index (χ0n) is 12.9. The van der Waals surface area contributed by atoms with Crippen LogP contribution in [0.25, 0.3) is 10.9 Å². The minimum atomic E-state index is 0.308. The van der Waals surface area contributed by atoms with Crippen molar-refractivity contribution in [3.8, 4) is 0 Å². The first-order valence-corrected chi connectivity index (χ1v) is 7.74. The van der Waals surface area contributed by atoms with Crippen molar-refractivity contribution in [3.63, 3.8) is 0 Å². The number of aromatic amines is 1. The predicted octanol–water partition coefficient (Wildman–Crippen LogP) is 2.17. The van der Waals surface area contributed by atoms with Crippen LogP contribution in [0, 0.1) is 6.92 Å². The van der Waals surface area contributed by atoms with Gasteiger partial charge >= 0.3 is 0 Å². The molecule has 1 aromatic carbocycles. The van der Waals surface area contributed by atoms with Crippen LogP contribution in [0.2, 0.25) is 0 Å². The molecule has 0 aliphatic carbocycles. The molecule has 118 valence electrons. The Bertz CT molecular complexity index is 824. The Morgan fingerprint density at radius 2 is 2.30 bits per heavy atom. The molecule has 0 saturated carbocycles. The third kappa shape index (κ3) is 2.87. The van der Waals surface area contributed by atoms with Crippen LogP contribution in [0.3, 0.4) is 0 Å². The summed E-state index contributed by atoms with van der Waals surface area (Å²) in [5.41, 5.74) is 2.10. The topological polar surface area (TPSA) is 88.6 Å². The maximum atomic E-state index is 5.38. The van der Waals surface area contributed by atoms with Crippen molar-refractivity contribution in [3.05, 3.63) is 41.7 Å². The van der Waals surface area contributed by atoms with E-state index >= 15 is 0 Å². The molecule has 1 saturated heterocycles. The van der Waals surface area contributed by atoms with E-state index in [-0.39, 0.29) is 0 Å². The molecule has 1 aliphatic rings. The first-order chi connectivity index (χ1) is 11.3. The number of anilines is 1. The number of ether oxygens (including phenoxy) is 1. The Hall–Kier alpha value is -2.54. The lowest BCUT2D eigenvalue weighted by Crippen LogP contribution is -2.05.